The monoisotopic (exact) mass is 273 g/mol. The van der Waals surface area contributed by atoms with Gasteiger partial charge in [-0.1, -0.05) is 0 Å². The van der Waals surface area contributed by atoms with Crippen molar-refractivity contribution in [1.29, 1.82) is 0 Å². The van der Waals surface area contributed by atoms with Crippen LogP contribution in [0.1, 0.15) is 19.9 Å². The minimum atomic E-state index is 0.220. The summed E-state index contributed by atoms with van der Waals surface area (Å²) >= 11 is 1.63. The fraction of sp³-hybridized carbons (Fsp3) is 0.308. The highest BCUT2D eigenvalue weighted by molar-refractivity contribution is 7.16. The number of nitrogens with zero attached hydrogens (tertiary/aromatic N) is 4. The first-order valence-corrected chi connectivity index (χ1v) is 7.07. The summed E-state index contributed by atoms with van der Waals surface area (Å²) in [5, 5.41) is 10.8. The molecule has 0 amide bonds. The van der Waals surface area contributed by atoms with Gasteiger partial charge >= 0.3 is 0 Å². The Morgan fingerprint density at radius 3 is 3.00 bits per heavy atom. The van der Waals surface area contributed by atoms with Crippen molar-refractivity contribution in [1.82, 2.24) is 19.7 Å². The van der Waals surface area contributed by atoms with Crippen molar-refractivity contribution in [3.8, 4) is 0 Å². The minimum absolute atomic E-state index is 0.220. The van der Waals surface area contributed by atoms with Gasteiger partial charge < -0.3 is 5.32 Å². The van der Waals surface area contributed by atoms with Crippen LogP contribution in [0, 0.1) is 0 Å². The molecule has 3 aromatic rings. The molecule has 0 saturated heterocycles. The molecule has 3 heterocycles. The van der Waals surface area contributed by atoms with Crippen LogP contribution >= 0.6 is 11.3 Å². The Morgan fingerprint density at radius 2 is 2.21 bits per heavy atom. The van der Waals surface area contributed by atoms with Crippen LogP contribution in [0.3, 0.4) is 0 Å². The number of rotatable bonds is 4. The Morgan fingerprint density at radius 1 is 1.32 bits per heavy atom. The van der Waals surface area contributed by atoms with E-state index in [9.17, 15) is 0 Å². The Balaban J connectivity index is 1.83. The lowest BCUT2D eigenvalue weighted by Crippen LogP contribution is -2.27. The summed E-state index contributed by atoms with van der Waals surface area (Å²) in [6.07, 6.45) is 5.38. The Labute approximate surface area is 115 Å². The van der Waals surface area contributed by atoms with Gasteiger partial charge in [-0.25, -0.2) is 9.97 Å². The van der Waals surface area contributed by atoms with Gasteiger partial charge in [0, 0.05) is 18.4 Å². The van der Waals surface area contributed by atoms with E-state index in [0.717, 1.165) is 16.0 Å². The highest BCUT2D eigenvalue weighted by Crippen LogP contribution is 2.25. The standard InChI is InChI=1S/C13H15N5S/c1-9(10(2)18-6-3-5-16-18)17-12-11-4-7-19-13(11)15-8-14-12/h3-10H,1-2H3,(H,14,15,17)/t9-,10+/m0/s1. The summed E-state index contributed by atoms with van der Waals surface area (Å²) in [6, 6.07) is 4.45. The smallest absolute Gasteiger partial charge is 0.138 e. The third-order valence-corrected chi connectivity index (χ3v) is 4.11. The largest absolute Gasteiger partial charge is 0.365 e. The average Bonchev–Trinajstić information content (AvgIpc) is 3.09. The van der Waals surface area contributed by atoms with Crippen LogP contribution in [0.4, 0.5) is 5.82 Å². The molecule has 5 nitrogen and oxygen atoms in total. The predicted octanol–water partition coefficient (Wildman–Crippen LogP) is 2.95. The van der Waals surface area contributed by atoms with E-state index in [1.807, 2.05) is 28.4 Å². The summed E-state index contributed by atoms with van der Waals surface area (Å²) in [6.45, 7) is 4.27. The van der Waals surface area contributed by atoms with Crippen molar-refractivity contribution < 1.29 is 0 Å². The Kier molecular flexibility index (Phi) is 3.16. The molecule has 0 aliphatic rings. The number of anilines is 1. The molecule has 0 bridgehead atoms. The van der Waals surface area contributed by atoms with Crippen LogP contribution in [0.2, 0.25) is 0 Å². The topological polar surface area (TPSA) is 55.6 Å². The van der Waals surface area contributed by atoms with E-state index in [-0.39, 0.29) is 12.1 Å². The minimum Gasteiger partial charge on any atom is -0.365 e. The Bertz CT molecular complexity index is 661. The molecule has 0 aliphatic carbocycles. The van der Waals surface area contributed by atoms with E-state index >= 15 is 0 Å². The molecule has 0 saturated carbocycles. The zero-order chi connectivity index (χ0) is 13.2. The van der Waals surface area contributed by atoms with Gasteiger partial charge in [-0.05, 0) is 31.4 Å². The molecule has 0 spiro atoms. The van der Waals surface area contributed by atoms with Gasteiger partial charge in [0.1, 0.15) is 17.0 Å². The summed E-state index contributed by atoms with van der Waals surface area (Å²) in [7, 11) is 0. The SMILES string of the molecule is C[C@H](Nc1ncnc2sccc12)[C@@H](C)n1cccn1. The van der Waals surface area contributed by atoms with Crippen LogP contribution in [0.15, 0.2) is 36.2 Å². The molecule has 1 N–H and O–H groups in total. The van der Waals surface area contributed by atoms with Crippen LogP contribution in [-0.4, -0.2) is 25.8 Å². The number of fused-ring (bicyclic) bond motifs is 1. The van der Waals surface area contributed by atoms with E-state index in [0.29, 0.717) is 0 Å². The average molecular weight is 273 g/mol. The van der Waals surface area contributed by atoms with Crippen molar-refractivity contribution in [3.63, 3.8) is 0 Å². The normalized spacial score (nSPS) is 14.4. The summed E-state index contributed by atoms with van der Waals surface area (Å²) in [5.41, 5.74) is 0. The summed E-state index contributed by atoms with van der Waals surface area (Å²) in [4.78, 5) is 9.60. The summed E-state index contributed by atoms with van der Waals surface area (Å²) in [5.74, 6) is 0.887. The van der Waals surface area contributed by atoms with E-state index in [1.54, 1.807) is 23.9 Å². The maximum atomic E-state index is 4.34. The van der Waals surface area contributed by atoms with Crippen LogP contribution in [-0.2, 0) is 0 Å². The fourth-order valence-corrected chi connectivity index (χ4v) is 2.72. The van der Waals surface area contributed by atoms with Crippen LogP contribution in [0.25, 0.3) is 10.2 Å². The van der Waals surface area contributed by atoms with Crippen molar-refractivity contribution in [2.45, 2.75) is 25.9 Å². The second kappa shape index (κ2) is 4.97. The quantitative estimate of drug-likeness (QED) is 0.794. The molecule has 6 heteroatoms. The lowest BCUT2D eigenvalue weighted by Gasteiger charge is -2.22. The van der Waals surface area contributed by atoms with Gasteiger partial charge in [0.05, 0.1) is 11.4 Å². The van der Waals surface area contributed by atoms with Gasteiger partial charge in [-0.15, -0.1) is 11.3 Å². The highest BCUT2D eigenvalue weighted by atomic mass is 32.1. The molecule has 19 heavy (non-hydrogen) atoms. The van der Waals surface area contributed by atoms with Crippen LogP contribution < -0.4 is 5.32 Å². The van der Waals surface area contributed by atoms with Crippen molar-refractivity contribution in [2.24, 2.45) is 0 Å². The van der Waals surface area contributed by atoms with E-state index in [4.69, 9.17) is 0 Å². The van der Waals surface area contributed by atoms with Gasteiger partial charge in [0.15, 0.2) is 0 Å². The number of nitrogens with one attached hydrogen (secondary N) is 1. The first kappa shape index (κ1) is 12.1. The highest BCUT2D eigenvalue weighted by Gasteiger charge is 2.16. The second-order valence-corrected chi connectivity index (χ2v) is 5.42. The van der Waals surface area contributed by atoms with Crippen molar-refractivity contribution in [2.75, 3.05) is 5.32 Å². The molecule has 0 fully saturated rings. The molecule has 3 rings (SSSR count). The van der Waals surface area contributed by atoms with Crippen molar-refractivity contribution in [3.05, 3.63) is 36.2 Å². The lowest BCUT2D eigenvalue weighted by atomic mass is 10.1. The predicted molar refractivity (Wildman–Crippen MR) is 77.4 cm³/mol. The molecule has 0 aliphatic heterocycles. The summed E-state index contributed by atoms with van der Waals surface area (Å²) < 4.78 is 1.95. The van der Waals surface area contributed by atoms with Gasteiger partial charge in [0.25, 0.3) is 0 Å². The van der Waals surface area contributed by atoms with E-state index in [1.165, 1.54) is 0 Å². The Hall–Kier alpha value is -1.95. The second-order valence-electron chi connectivity index (χ2n) is 4.52. The van der Waals surface area contributed by atoms with Gasteiger partial charge in [0.2, 0.25) is 0 Å². The first-order chi connectivity index (χ1) is 9.25. The maximum Gasteiger partial charge on any atom is 0.138 e. The fourth-order valence-electron chi connectivity index (χ4n) is 1.99. The number of hydrogen-bond donors (Lipinski definition) is 1. The number of aromatic nitrogens is 4. The molecular weight excluding hydrogens is 258 g/mol. The number of hydrogen-bond acceptors (Lipinski definition) is 5. The zero-order valence-electron chi connectivity index (χ0n) is 10.8. The van der Waals surface area contributed by atoms with Gasteiger partial charge in [-0.2, -0.15) is 5.10 Å². The molecule has 2 atom stereocenters. The lowest BCUT2D eigenvalue weighted by molar-refractivity contribution is 0.443. The van der Waals surface area contributed by atoms with E-state index in [2.05, 4.69) is 34.2 Å². The number of thiophene rings is 1. The third kappa shape index (κ3) is 2.31. The molecule has 98 valence electrons. The third-order valence-electron chi connectivity index (χ3n) is 3.29. The molecule has 0 radical (unpaired) electrons. The molecular formula is C13H15N5S. The van der Waals surface area contributed by atoms with Crippen LogP contribution in [0.5, 0.6) is 0 Å². The zero-order valence-corrected chi connectivity index (χ0v) is 11.6. The first-order valence-electron chi connectivity index (χ1n) is 6.19. The molecule has 0 aromatic carbocycles. The van der Waals surface area contributed by atoms with Crippen molar-refractivity contribution >= 4 is 27.4 Å². The van der Waals surface area contributed by atoms with E-state index < -0.39 is 0 Å². The molecule has 0 unspecified atom stereocenters. The van der Waals surface area contributed by atoms with Gasteiger partial charge in [-0.3, -0.25) is 4.68 Å². The maximum absolute atomic E-state index is 4.34. The molecule has 3 aromatic heterocycles.